The molecular formula is C35H24BN3. The van der Waals surface area contributed by atoms with E-state index in [-0.39, 0.29) is 6.71 Å². The van der Waals surface area contributed by atoms with E-state index in [9.17, 15) is 0 Å². The largest absolute Gasteiger partial charge is 0.311 e. The quantitative estimate of drug-likeness (QED) is 0.262. The average molecular weight is 497 g/mol. The Labute approximate surface area is 227 Å². The van der Waals surface area contributed by atoms with E-state index >= 15 is 0 Å². The number of benzene rings is 3. The molecule has 1 atom stereocenters. The first-order chi connectivity index (χ1) is 19.4. The van der Waals surface area contributed by atoms with Crippen LogP contribution in [0.4, 0.5) is 0 Å². The van der Waals surface area contributed by atoms with Gasteiger partial charge in [-0.3, -0.25) is 4.57 Å². The van der Waals surface area contributed by atoms with Crippen molar-refractivity contribution in [1.29, 1.82) is 0 Å². The first-order valence-electron chi connectivity index (χ1n) is 14.1. The van der Waals surface area contributed by atoms with Gasteiger partial charge in [-0.2, -0.15) is 0 Å². The summed E-state index contributed by atoms with van der Waals surface area (Å²) in [4.78, 5) is 5.40. The first kappa shape index (κ1) is 20.4. The van der Waals surface area contributed by atoms with Gasteiger partial charge >= 0.3 is 0 Å². The van der Waals surface area contributed by atoms with E-state index in [1.165, 1.54) is 72.5 Å². The molecule has 0 N–H and O–H groups in total. The summed E-state index contributed by atoms with van der Waals surface area (Å²) in [5.74, 6) is 1.41. The number of allylic oxidation sites excluding steroid dienone is 6. The molecule has 3 aromatic carbocycles. The molecule has 0 fully saturated rings. The van der Waals surface area contributed by atoms with Crippen molar-refractivity contribution in [3.63, 3.8) is 0 Å². The summed E-state index contributed by atoms with van der Waals surface area (Å²) in [6, 6.07) is 24.7. The van der Waals surface area contributed by atoms with Crippen LogP contribution in [0.2, 0.25) is 0 Å². The monoisotopic (exact) mass is 497 g/mol. The van der Waals surface area contributed by atoms with E-state index in [2.05, 4.69) is 112 Å². The molecule has 39 heavy (non-hydrogen) atoms. The maximum atomic E-state index is 5.40. The second kappa shape index (κ2) is 7.09. The lowest BCUT2D eigenvalue weighted by Gasteiger charge is -2.39. The van der Waals surface area contributed by atoms with Crippen LogP contribution in [0.15, 0.2) is 103 Å². The topological polar surface area (TPSA) is 22.8 Å². The Hall–Kier alpha value is -4.57. The first-order valence-corrected chi connectivity index (χ1v) is 14.1. The van der Waals surface area contributed by atoms with Crippen molar-refractivity contribution >= 4 is 40.1 Å². The molecule has 1 unspecified atom stereocenters. The molecule has 4 heteroatoms. The Morgan fingerprint density at radius 1 is 0.846 bits per heavy atom. The molecule has 0 radical (unpaired) electrons. The fourth-order valence-electron chi connectivity index (χ4n) is 8.07. The van der Waals surface area contributed by atoms with Crippen LogP contribution in [0.1, 0.15) is 29.1 Å². The zero-order valence-electron chi connectivity index (χ0n) is 21.4. The van der Waals surface area contributed by atoms with Crippen LogP contribution in [-0.4, -0.2) is 20.8 Å². The van der Waals surface area contributed by atoms with Crippen molar-refractivity contribution in [3.05, 3.63) is 125 Å². The van der Waals surface area contributed by atoms with Crippen molar-refractivity contribution in [2.24, 2.45) is 5.92 Å². The Morgan fingerprint density at radius 2 is 1.72 bits per heavy atom. The van der Waals surface area contributed by atoms with Gasteiger partial charge in [0.05, 0.1) is 11.4 Å². The molecule has 3 nitrogen and oxygen atoms in total. The lowest BCUT2D eigenvalue weighted by Crippen LogP contribution is -2.54. The number of imidazole rings is 1. The molecule has 5 aliphatic rings. The summed E-state index contributed by atoms with van der Waals surface area (Å²) in [5.41, 5.74) is 16.3. The average Bonchev–Trinajstić information content (AvgIpc) is 3.55. The van der Waals surface area contributed by atoms with Crippen LogP contribution in [-0.2, 0) is 12.8 Å². The van der Waals surface area contributed by atoms with Crippen molar-refractivity contribution in [3.8, 4) is 22.8 Å². The summed E-state index contributed by atoms with van der Waals surface area (Å²) < 4.78 is 5.06. The number of nitrogens with zero attached hydrogens (tertiary/aromatic N) is 3. The fourth-order valence-corrected chi connectivity index (χ4v) is 8.07. The zero-order valence-corrected chi connectivity index (χ0v) is 21.4. The second-order valence-corrected chi connectivity index (χ2v) is 11.4. The summed E-state index contributed by atoms with van der Waals surface area (Å²) in [5, 5.41) is 1.42. The maximum Gasteiger partial charge on any atom is 0.252 e. The molecule has 182 valence electrons. The number of hydrogen-bond donors (Lipinski definition) is 0. The molecule has 2 aromatic heterocycles. The minimum Gasteiger partial charge on any atom is -0.311 e. The number of aryl methyl sites for hydroxylation is 1. The van der Waals surface area contributed by atoms with E-state index in [0.29, 0.717) is 5.92 Å². The highest BCUT2D eigenvalue weighted by Crippen LogP contribution is 2.47. The van der Waals surface area contributed by atoms with Crippen LogP contribution in [0.25, 0.3) is 45.2 Å². The predicted octanol–water partition coefficient (Wildman–Crippen LogP) is 5.97. The normalized spacial score (nSPS) is 18.8. The van der Waals surface area contributed by atoms with Crippen molar-refractivity contribution in [2.75, 3.05) is 0 Å². The molecule has 3 aliphatic carbocycles. The molecule has 0 saturated heterocycles. The Kier molecular flexibility index (Phi) is 3.71. The molecule has 0 amide bonds. The van der Waals surface area contributed by atoms with E-state index in [1.54, 1.807) is 0 Å². The van der Waals surface area contributed by atoms with Gasteiger partial charge in [-0.25, -0.2) is 4.98 Å². The third-order valence-corrected chi connectivity index (χ3v) is 9.52. The third kappa shape index (κ3) is 2.40. The smallest absolute Gasteiger partial charge is 0.252 e. The molecule has 0 bridgehead atoms. The highest BCUT2D eigenvalue weighted by Gasteiger charge is 2.46. The number of fused-ring (bicyclic) bond motifs is 8. The predicted molar refractivity (Wildman–Crippen MR) is 161 cm³/mol. The van der Waals surface area contributed by atoms with E-state index in [0.717, 1.165) is 25.1 Å². The molecule has 10 rings (SSSR count). The van der Waals surface area contributed by atoms with Gasteiger partial charge in [0.25, 0.3) is 6.71 Å². The minimum absolute atomic E-state index is 0.188. The maximum absolute atomic E-state index is 5.40. The van der Waals surface area contributed by atoms with E-state index in [1.807, 2.05) is 0 Å². The van der Waals surface area contributed by atoms with Crippen molar-refractivity contribution in [2.45, 2.75) is 19.3 Å². The van der Waals surface area contributed by atoms with Gasteiger partial charge in [-0.1, -0.05) is 85.0 Å². The Bertz CT molecular complexity index is 2050. The SMILES string of the molecule is C1=CC2=C3B4c5c(cccc5-n5c6c(c7cccc4c75)CCC=C6)-n4c(-c5ccccc5)nc(c43)CC2C=C1. The molecule has 4 heterocycles. The number of para-hydroxylation sites is 1. The highest BCUT2D eigenvalue weighted by atomic mass is 15.1. The molecular weight excluding hydrogens is 473 g/mol. The summed E-state index contributed by atoms with van der Waals surface area (Å²) in [6.45, 7) is 0.188. The van der Waals surface area contributed by atoms with Crippen LogP contribution < -0.4 is 10.9 Å². The number of aromatic nitrogens is 3. The highest BCUT2D eigenvalue weighted by molar-refractivity contribution is 7.03. The lowest BCUT2D eigenvalue weighted by atomic mass is 9.31. The van der Waals surface area contributed by atoms with Gasteiger partial charge in [0.2, 0.25) is 0 Å². The van der Waals surface area contributed by atoms with Gasteiger partial charge in [-0.05, 0) is 58.6 Å². The van der Waals surface area contributed by atoms with Crippen LogP contribution in [0, 0.1) is 5.92 Å². The zero-order chi connectivity index (χ0) is 25.2. The standard InChI is InChI=1S/C35H24BN3/c1-2-10-21(11-3-1)35-37-27-20-22-12-4-5-13-23(22)31-34(27)39(35)30-19-9-18-29-32(30)36(31)26-16-8-15-25-24-14-6-7-17-28(24)38(29)33(25)26/h1-5,7-13,15-19,22H,6,14,20H2. The van der Waals surface area contributed by atoms with Gasteiger partial charge in [0.1, 0.15) is 5.82 Å². The molecule has 2 aliphatic heterocycles. The lowest BCUT2D eigenvalue weighted by molar-refractivity contribution is 0.737. The summed E-state index contributed by atoms with van der Waals surface area (Å²) in [6.07, 6.45) is 17.0. The Morgan fingerprint density at radius 3 is 2.64 bits per heavy atom. The molecule has 5 aromatic rings. The van der Waals surface area contributed by atoms with Crippen LogP contribution in [0.3, 0.4) is 0 Å². The third-order valence-electron chi connectivity index (χ3n) is 9.52. The van der Waals surface area contributed by atoms with Crippen LogP contribution in [0.5, 0.6) is 0 Å². The minimum atomic E-state index is 0.188. The van der Waals surface area contributed by atoms with Crippen LogP contribution >= 0.6 is 0 Å². The fraction of sp³-hybridized carbons (Fsp3) is 0.114. The summed E-state index contributed by atoms with van der Waals surface area (Å²) in [7, 11) is 0. The van der Waals surface area contributed by atoms with Gasteiger partial charge in [-0.15, -0.1) is 0 Å². The Balaban J connectivity index is 1.41. The van der Waals surface area contributed by atoms with Gasteiger partial charge in [0, 0.05) is 45.9 Å². The number of rotatable bonds is 1. The molecule has 0 spiro atoms. The second-order valence-electron chi connectivity index (χ2n) is 11.4. The van der Waals surface area contributed by atoms with Gasteiger partial charge < -0.3 is 4.57 Å². The van der Waals surface area contributed by atoms with Gasteiger partial charge in [0.15, 0.2) is 0 Å². The van der Waals surface area contributed by atoms with Crippen molar-refractivity contribution < 1.29 is 0 Å². The summed E-state index contributed by atoms with van der Waals surface area (Å²) >= 11 is 0. The van der Waals surface area contributed by atoms with Crippen molar-refractivity contribution in [1.82, 2.24) is 14.1 Å². The van der Waals surface area contributed by atoms with E-state index < -0.39 is 0 Å². The van der Waals surface area contributed by atoms with E-state index in [4.69, 9.17) is 4.98 Å². The molecule has 0 saturated carbocycles. The number of hydrogen-bond acceptors (Lipinski definition) is 1.